The van der Waals surface area contributed by atoms with Crippen LogP contribution in [0, 0.1) is 10.1 Å². The molecule has 0 atom stereocenters. The lowest BCUT2D eigenvalue weighted by Crippen LogP contribution is -1.99. The Labute approximate surface area is 33.9 Å². The van der Waals surface area contributed by atoms with Gasteiger partial charge in [0.2, 0.25) is 0 Å². The van der Waals surface area contributed by atoms with Crippen molar-refractivity contribution in [3.8, 4) is 0 Å². The zero-order valence-electron chi connectivity index (χ0n) is 2.96. The molecule has 0 aliphatic rings. The van der Waals surface area contributed by atoms with Gasteiger partial charge in [0.15, 0.2) is 6.29 Å². The maximum atomic E-state index is 9.17. The van der Waals surface area contributed by atoms with Crippen LogP contribution < -0.4 is 0 Å². The van der Waals surface area contributed by atoms with Crippen LogP contribution in [-0.2, 0) is 4.79 Å². The van der Waals surface area contributed by atoms with Gasteiger partial charge in [-0.25, -0.2) is 0 Å². The molecule has 0 rings (SSSR count). The summed E-state index contributed by atoms with van der Waals surface area (Å²) in [7, 11) is 0. The molecule has 4 heteroatoms. The molecule has 34 valence electrons. The van der Waals surface area contributed by atoms with Gasteiger partial charge < -0.3 is 0 Å². The van der Waals surface area contributed by atoms with Crippen molar-refractivity contribution in [2.24, 2.45) is 0 Å². The Morgan fingerprint density at radius 3 is 2.33 bits per heavy atom. The zero-order chi connectivity index (χ0) is 4.99. The van der Waals surface area contributed by atoms with Crippen LogP contribution in [0.3, 0.4) is 0 Å². The monoisotopic (exact) mass is 89.0 g/mol. The van der Waals surface area contributed by atoms with Gasteiger partial charge in [-0.2, -0.15) is 0 Å². The molecule has 0 saturated carbocycles. The molecular weight excluding hydrogens is 86.0 g/mol. The van der Waals surface area contributed by atoms with E-state index in [1.165, 1.54) is 0 Å². The topological polar surface area (TPSA) is 60.2 Å². The Kier molecular flexibility index (Phi) is 1.96. The first-order valence-electron chi connectivity index (χ1n) is 1.33. The normalized spacial score (nSPS) is 7.33. The third kappa shape index (κ3) is 3.07. The van der Waals surface area contributed by atoms with Crippen LogP contribution in [0.4, 0.5) is 0 Å². The lowest BCUT2D eigenvalue weighted by atomic mass is 10.8. The Bertz CT molecular complexity index is 69.2. The fourth-order valence-corrected chi connectivity index (χ4v) is 0.0609. The Morgan fingerprint density at radius 2 is 2.33 bits per heavy atom. The first kappa shape index (κ1) is 5.07. The molecular formula is C2H3NO3. The lowest BCUT2D eigenvalue weighted by molar-refractivity contribution is -0.465. The molecule has 0 bridgehead atoms. The highest BCUT2D eigenvalue weighted by molar-refractivity contribution is 5.50. The molecule has 6 heavy (non-hydrogen) atoms. The van der Waals surface area contributed by atoms with Crippen molar-refractivity contribution >= 4 is 6.29 Å². The third-order valence-corrected chi connectivity index (χ3v) is 0.224. The van der Waals surface area contributed by atoms with E-state index in [1.807, 2.05) is 0 Å². The maximum Gasteiger partial charge on any atom is 0.258 e. The van der Waals surface area contributed by atoms with Crippen LogP contribution in [0.2, 0.25) is 0 Å². The molecule has 0 unspecified atom stereocenters. The Hall–Kier alpha value is -0.930. The standard InChI is InChI=1S/C2H3NO3/c4-2-1-3(5)6/h2H,1H2. The van der Waals surface area contributed by atoms with Crippen LogP contribution >= 0.6 is 0 Å². The van der Waals surface area contributed by atoms with Crippen molar-refractivity contribution in [3.63, 3.8) is 0 Å². The molecule has 0 aromatic carbocycles. The van der Waals surface area contributed by atoms with Gasteiger partial charge in [0.1, 0.15) is 0 Å². The minimum atomic E-state index is -0.688. The summed E-state index contributed by atoms with van der Waals surface area (Å²) in [5.74, 6) is 0. The second kappa shape index (κ2) is 2.32. The van der Waals surface area contributed by atoms with Crippen LogP contribution in [-0.4, -0.2) is 17.8 Å². The quantitative estimate of drug-likeness (QED) is 0.259. The SMILES string of the molecule is O=CC[N+](=O)[O-]. The molecule has 0 aliphatic carbocycles. The summed E-state index contributed by atoms with van der Waals surface area (Å²) in [4.78, 5) is 17.7. The first-order valence-corrected chi connectivity index (χ1v) is 1.33. The van der Waals surface area contributed by atoms with Crippen LogP contribution in [0.15, 0.2) is 0 Å². The zero-order valence-corrected chi connectivity index (χ0v) is 2.96. The van der Waals surface area contributed by atoms with E-state index in [1.54, 1.807) is 0 Å². The van der Waals surface area contributed by atoms with E-state index in [4.69, 9.17) is 0 Å². The number of nitro groups is 1. The first-order chi connectivity index (χ1) is 2.77. The van der Waals surface area contributed by atoms with E-state index in [-0.39, 0.29) is 6.29 Å². The van der Waals surface area contributed by atoms with Crippen molar-refractivity contribution in [2.75, 3.05) is 6.54 Å². The molecule has 0 radical (unpaired) electrons. The summed E-state index contributed by atoms with van der Waals surface area (Å²) in [5, 5.41) is 9.17. The summed E-state index contributed by atoms with van der Waals surface area (Å²) < 4.78 is 0. The third-order valence-electron chi connectivity index (χ3n) is 0.224. The Morgan fingerprint density at radius 1 is 1.83 bits per heavy atom. The van der Waals surface area contributed by atoms with E-state index in [0.717, 1.165) is 0 Å². The molecule has 0 aromatic rings. The van der Waals surface area contributed by atoms with Gasteiger partial charge in [-0.1, -0.05) is 0 Å². The van der Waals surface area contributed by atoms with Crippen molar-refractivity contribution in [2.45, 2.75) is 0 Å². The molecule has 0 aliphatic heterocycles. The van der Waals surface area contributed by atoms with Crippen molar-refractivity contribution in [1.29, 1.82) is 0 Å². The van der Waals surface area contributed by atoms with Gasteiger partial charge in [-0.05, 0) is 0 Å². The summed E-state index contributed by atoms with van der Waals surface area (Å²) >= 11 is 0. The van der Waals surface area contributed by atoms with Gasteiger partial charge in [-0.15, -0.1) is 0 Å². The van der Waals surface area contributed by atoms with Crippen molar-refractivity contribution in [1.82, 2.24) is 0 Å². The summed E-state index contributed by atoms with van der Waals surface area (Å²) in [6.45, 7) is -0.583. The highest BCUT2D eigenvalue weighted by Gasteiger charge is 1.85. The summed E-state index contributed by atoms with van der Waals surface area (Å²) in [6.07, 6.45) is 0.250. The van der Waals surface area contributed by atoms with Gasteiger partial charge in [-0.3, -0.25) is 14.9 Å². The molecule has 0 aromatic heterocycles. The van der Waals surface area contributed by atoms with E-state index in [2.05, 4.69) is 0 Å². The van der Waals surface area contributed by atoms with Gasteiger partial charge in [0.05, 0.1) is 0 Å². The molecule has 0 N–H and O–H groups in total. The van der Waals surface area contributed by atoms with E-state index in [9.17, 15) is 14.9 Å². The minimum Gasteiger partial charge on any atom is -0.296 e. The smallest absolute Gasteiger partial charge is 0.258 e. The van der Waals surface area contributed by atoms with E-state index < -0.39 is 11.5 Å². The number of aldehydes is 1. The van der Waals surface area contributed by atoms with Gasteiger partial charge in [0, 0.05) is 4.92 Å². The van der Waals surface area contributed by atoms with Crippen LogP contribution in [0.5, 0.6) is 0 Å². The second-order valence-electron chi connectivity index (χ2n) is 0.682. The Balaban J connectivity index is 3.05. The highest BCUT2D eigenvalue weighted by Crippen LogP contribution is 1.55. The number of hydrogen-bond acceptors (Lipinski definition) is 3. The minimum absolute atomic E-state index is 0.250. The van der Waals surface area contributed by atoms with E-state index >= 15 is 0 Å². The number of hydrogen-bond donors (Lipinski definition) is 0. The molecule has 4 nitrogen and oxygen atoms in total. The average Bonchev–Trinajstić information content (AvgIpc) is 1.35. The average molecular weight is 89.0 g/mol. The number of nitrogens with zero attached hydrogens (tertiary/aromatic N) is 1. The predicted molar refractivity (Wildman–Crippen MR) is 17.9 cm³/mol. The number of carbonyl (C=O) groups is 1. The maximum absolute atomic E-state index is 9.17. The molecule has 0 amide bonds. The number of rotatable bonds is 2. The predicted octanol–water partition coefficient (Wildman–Crippen LogP) is -0.538. The fraction of sp³-hybridized carbons (Fsp3) is 0.500. The van der Waals surface area contributed by atoms with Crippen molar-refractivity contribution < 1.29 is 9.72 Å². The van der Waals surface area contributed by atoms with Crippen LogP contribution in [0.25, 0.3) is 0 Å². The molecule has 0 fully saturated rings. The fourth-order valence-electron chi connectivity index (χ4n) is 0.0609. The highest BCUT2D eigenvalue weighted by atomic mass is 16.6. The van der Waals surface area contributed by atoms with Gasteiger partial charge in [0.25, 0.3) is 6.54 Å². The largest absolute Gasteiger partial charge is 0.296 e. The molecule has 0 spiro atoms. The number of carbonyl (C=O) groups excluding carboxylic acids is 1. The van der Waals surface area contributed by atoms with Crippen LogP contribution in [0.1, 0.15) is 0 Å². The summed E-state index contributed by atoms with van der Waals surface area (Å²) in [5.41, 5.74) is 0. The molecule has 0 heterocycles. The van der Waals surface area contributed by atoms with Gasteiger partial charge >= 0.3 is 0 Å². The lowest BCUT2D eigenvalue weighted by Gasteiger charge is -1.73. The molecule has 0 saturated heterocycles. The van der Waals surface area contributed by atoms with Crippen molar-refractivity contribution in [3.05, 3.63) is 10.1 Å². The van der Waals surface area contributed by atoms with E-state index in [0.29, 0.717) is 0 Å². The summed E-state index contributed by atoms with van der Waals surface area (Å²) in [6, 6.07) is 0. The second-order valence-corrected chi connectivity index (χ2v) is 0.682.